The zero-order chi connectivity index (χ0) is 45.2. The van der Waals surface area contributed by atoms with Crippen LogP contribution in [0.15, 0.2) is 102 Å². The maximum Gasteiger partial charge on any atom is 0.345 e. The lowest BCUT2D eigenvalue weighted by molar-refractivity contribution is -0.145. The summed E-state index contributed by atoms with van der Waals surface area (Å²) in [5.74, 6) is -0.350. The van der Waals surface area contributed by atoms with E-state index < -0.39 is 40.7 Å². The zero-order valence-electron chi connectivity index (χ0n) is 34.9. The molecule has 3 aliphatic rings. The second kappa shape index (κ2) is 18.7. The predicted octanol–water partition coefficient (Wildman–Crippen LogP) is 9.28. The van der Waals surface area contributed by atoms with E-state index in [1.165, 1.54) is 41.9 Å². The van der Waals surface area contributed by atoms with E-state index in [1.807, 2.05) is 6.92 Å². The number of ether oxygens (including phenoxy) is 5. The first-order chi connectivity index (χ1) is 31.4. The van der Waals surface area contributed by atoms with Crippen LogP contribution in [0.1, 0.15) is 47.2 Å². The highest BCUT2D eigenvalue weighted by molar-refractivity contribution is 7.86. The van der Waals surface area contributed by atoms with Gasteiger partial charge in [0.05, 0.1) is 21.0 Å². The summed E-state index contributed by atoms with van der Waals surface area (Å²) in [5, 5.41) is 11.4. The van der Waals surface area contributed by atoms with Gasteiger partial charge >= 0.3 is 5.97 Å². The van der Waals surface area contributed by atoms with Crippen LogP contribution < -0.4 is 18.9 Å². The Hall–Kier alpha value is -6.24. The molecule has 10 rings (SSSR count). The summed E-state index contributed by atoms with van der Waals surface area (Å²) in [6.07, 6.45) is 1.67. The van der Waals surface area contributed by atoms with Crippen LogP contribution in [0.25, 0.3) is 31.8 Å². The lowest BCUT2D eigenvalue weighted by atomic mass is 9.96. The molecule has 0 aliphatic carbocycles. The SMILES string of the molecule is Cc1ccc(S(=O)(=O)OC[C@@H]2COc3ccc(OCc4ccnc([C@@H]5CCCO5)n4)c(c3)C[C@H](C(=O)O)Oc3ncnc4sc(-c5ccc(F)cc5)c(c34)-c3ccc(c(Cl)c3C)O2)cc1. The van der Waals surface area contributed by atoms with E-state index in [0.717, 1.165) is 18.4 Å². The Balaban J connectivity index is 1.14. The van der Waals surface area contributed by atoms with Gasteiger partial charge in [0.2, 0.25) is 12.0 Å². The standard InChI is InChI=1S/C47H40ClFN4O10S2/c1-26-5-12-34(13-6-26)65(56,57)61-24-33-23-59-32-11-15-36(60-22-31-17-18-50-44(53-31)38-4-3-19-58-38)29(20-32)21-39(47(54)55)63-45-41-40(35-14-16-37(62-33)42(48)27(35)2)43(64-46(41)52-25-51-45)28-7-9-30(49)10-8-28/h5-18,20,25,33,38-39H,3-4,19,21-24H2,1-2H3,(H,54,55)/t33-,38-,39+/m0/s1. The molecule has 0 radical (unpaired) electrons. The van der Waals surface area contributed by atoms with E-state index >= 15 is 0 Å². The molecule has 7 aromatic rings. The Bertz CT molecular complexity index is 3000. The van der Waals surface area contributed by atoms with Gasteiger partial charge in [0.25, 0.3) is 10.1 Å². The molecule has 0 amide bonds. The maximum atomic E-state index is 14.3. The molecule has 3 aliphatic heterocycles. The summed E-state index contributed by atoms with van der Waals surface area (Å²) in [6.45, 7) is 3.58. The van der Waals surface area contributed by atoms with Crippen molar-refractivity contribution in [1.82, 2.24) is 19.9 Å². The molecule has 14 nitrogen and oxygen atoms in total. The third-order valence-corrected chi connectivity index (χ3v) is 13.8. The molecule has 65 heavy (non-hydrogen) atoms. The summed E-state index contributed by atoms with van der Waals surface area (Å²) < 4.78 is 77.7. The molecule has 0 spiro atoms. The van der Waals surface area contributed by atoms with E-state index in [9.17, 15) is 22.7 Å². The molecule has 3 aromatic heterocycles. The number of nitrogens with zero attached hydrogens (tertiary/aromatic N) is 4. The Morgan fingerprint density at radius 1 is 0.985 bits per heavy atom. The summed E-state index contributed by atoms with van der Waals surface area (Å²) in [4.78, 5) is 32.4. The highest BCUT2D eigenvalue weighted by atomic mass is 35.5. The van der Waals surface area contributed by atoms with Crippen LogP contribution in [0.4, 0.5) is 4.39 Å². The van der Waals surface area contributed by atoms with Crippen LogP contribution in [0.5, 0.6) is 23.1 Å². The van der Waals surface area contributed by atoms with Crippen molar-refractivity contribution in [3.05, 3.63) is 137 Å². The van der Waals surface area contributed by atoms with Crippen molar-refractivity contribution in [2.45, 2.75) is 62.9 Å². The summed E-state index contributed by atoms with van der Waals surface area (Å²) >= 11 is 8.41. The minimum atomic E-state index is -4.23. The molecule has 4 aromatic carbocycles. The lowest BCUT2D eigenvalue weighted by Crippen LogP contribution is -2.31. The zero-order valence-corrected chi connectivity index (χ0v) is 37.3. The first-order valence-electron chi connectivity index (χ1n) is 20.6. The Kier molecular flexibility index (Phi) is 12.7. The van der Waals surface area contributed by atoms with Crippen LogP contribution in [0.2, 0.25) is 5.02 Å². The number of carboxylic acid groups (broad SMARTS) is 1. The molecule has 6 heterocycles. The fourth-order valence-electron chi connectivity index (χ4n) is 7.54. The van der Waals surface area contributed by atoms with E-state index in [-0.39, 0.29) is 53.0 Å². The predicted molar refractivity (Wildman–Crippen MR) is 239 cm³/mol. The van der Waals surface area contributed by atoms with Gasteiger partial charge in [-0.3, -0.25) is 4.18 Å². The minimum Gasteiger partial charge on any atom is -0.490 e. The van der Waals surface area contributed by atoms with E-state index in [4.69, 9.17) is 39.5 Å². The number of hydrogen-bond donors (Lipinski definition) is 1. The van der Waals surface area contributed by atoms with E-state index in [1.54, 1.807) is 73.8 Å². The van der Waals surface area contributed by atoms with Crippen LogP contribution in [-0.4, -0.2) is 71.5 Å². The van der Waals surface area contributed by atoms with Gasteiger partial charge in [-0.15, -0.1) is 11.3 Å². The van der Waals surface area contributed by atoms with Crippen LogP contribution >= 0.6 is 22.9 Å². The van der Waals surface area contributed by atoms with E-state index in [0.29, 0.717) is 66.8 Å². The first kappa shape index (κ1) is 44.0. The quantitative estimate of drug-likeness (QED) is 0.128. The number of aliphatic carboxylic acids is 1. The Labute approximate surface area is 382 Å². The molecule has 0 unspecified atom stereocenters. The fourth-order valence-corrected chi connectivity index (χ4v) is 9.84. The number of carbonyl (C=O) groups is 1. The van der Waals surface area contributed by atoms with Gasteiger partial charge in [-0.05, 0) is 98.0 Å². The van der Waals surface area contributed by atoms with Gasteiger partial charge in [-0.2, -0.15) is 8.42 Å². The van der Waals surface area contributed by atoms with Crippen molar-refractivity contribution in [3.8, 4) is 44.7 Å². The number of halogens is 2. The van der Waals surface area contributed by atoms with Crippen molar-refractivity contribution in [2.75, 3.05) is 19.8 Å². The van der Waals surface area contributed by atoms with Crippen LogP contribution in [-0.2, 0) is 36.9 Å². The minimum absolute atomic E-state index is 0.00769. The van der Waals surface area contributed by atoms with Crippen molar-refractivity contribution in [2.24, 2.45) is 0 Å². The molecule has 1 saturated heterocycles. The number of aromatic nitrogens is 4. The number of hydrogen-bond acceptors (Lipinski definition) is 14. The number of rotatable bonds is 10. The molecule has 18 heteroatoms. The molecule has 1 N–H and O–H groups in total. The number of fused-ring (bicyclic) bond motifs is 7. The number of aryl methyl sites for hydroxylation is 1. The molecule has 0 saturated carbocycles. The second-order valence-electron chi connectivity index (χ2n) is 15.4. The largest absolute Gasteiger partial charge is 0.490 e. The van der Waals surface area contributed by atoms with Crippen LogP contribution in [0.3, 0.4) is 0 Å². The summed E-state index contributed by atoms with van der Waals surface area (Å²) in [7, 11) is -4.23. The Morgan fingerprint density at radius 3 is 2.57 bits per heavy atom. The van der Waals surface area contributed by atoms with Gasteiger partial charge in [0, 0.05) is 35.2 Å². The molecule has 3 atom stereocenters. The number of carboxylic acids is 1. The topological polar surface area (TPSA) is 178 Å². The third kappa shape index (κ3) is 9.60. The van der Waals surface area contributed by atoms with Gasteiger partial charge in [-0.1, -0.05) is 47.5 Å². The normalized spacial score (nSPS) is 17.5. The Morgan fingerprint density at radius 2 is 1.80 bits per heavy atom. The average molecular weight is 939 g/mol. The second-order valence-corrected chi connectivity index (χ2v) is 18.4. The molecule has 4 bridgehead atoms. The number of thiophene rings is 1. The maximum absolute atomic E-state index is 14.3. The highest BCUT2D eigenvalue weighted by Crippen LogP contribution is 2.50. The first-order valence-corrected chi connectivity index (χ1v) is 23.2. The number of benzene rings is 4. The summed E-state index contributed by atoms with van der Waals surface area (Å²) in [5.41, 5.74) is 4.23. The van der Waals surface area contributed by atoms with Gasteiger partial charge in [0.15, 0.2) is 11.9 Å². The highest BCUT2D eigenvalue weighted by Gasteiger charge is 2.30. The van der Waals surface area contributed by atoms with Gasteiger partial charge in [-0.25, -0.2) is 29.1 Å². The van der Waals surface area contributed by atoms with Gasteiger partial charge in [0.1, 0.15) is 60.1 Å². The molecule has 1 fully saturated rings. The van der Waals surface area contributed by atoms with Crippen LogP contribution in [0, 0.1) is 19.7 Å². The van der Waals surface area contributed by atoms with E-state index in [2.05, 4.69) is 19.9 Å². The van der Waals surface area contributed by atoms with Crippen molar-refractivity contribution < 1.29 is 50.6 Å². The molecular weight excluding hydrogens is 899 g/mol. The van der Waals surface area contributed by atoms with Crippen molar-refractivity contribution >= 4 is 49.2 Å². The van der Waals surface area contributed by atoms with Crippen molar-refractivity contribution in [3.63, 3.8) is 0 Å². The fraction of sp³-hybridized carbons (Fsp3) is 0.255. The summed E-state index contributed by atoms with van der Waals surface area (Å²) in [6, 6.07) is 22.2. The van der Waals surface area contributed by atoms with Crippen molar-refractivity contribution in [1.29, 1.82) is 0 Å². The third-order valence-electron chi connectivity index (χ3n) is 10.9. The van der Waals surface area contributed by atoms with Gasteiger partial charge < -0.3 is 28.8 Å². The lowest BCUT2D eigenvalue weighted by Gasteiger charge is -2.22. The average Bonchev–Trinajstić information content (AvgIpc) is 3.98. The smallest absolute Gasteiger partial charge is 0.345 e. The molecular formula is C47H40ClFN4O10S2. The molecule has 334 valence electrons. The monoisotopic (exact) mass is 938 g/mol.